The molecule has 5 nitrogen and oxygen atoms in total. The molecule has 4 aromatic rings. The minimum absolute atomic E-state index is 0.106. The molecule has 2 aromatic heterocycles. The summed E-state index contributed by atoms with van der Waals surface area (Å²) < 4.78 is 11.4. The van der Waals surface area contributed by atoms with E-state index in [0.29, 0.717) is 5.56 Å². The number of hydrogen-bond acceptors (Lipinski definition) is 5. The first-order chi connectivity index (χ1) is 13.9. The number of pyridine rings is 1. The molecule has 4 rings (SSSR count). The summed E-state index contributed by atoms with van der Waals surface area (Å²) in [4.78, 5) is 29.7. The number of hydrogen-bond donors (Lipinski definition) is 0. The number of halogens is 2. The Kier molecular flexibility index (Phi) is 5.09. The highest BCUT2D eigenvalue weighted by Crippen LogP contribution is 2.35. The van der Waals surface area contributed by atoms with E-state index >= 15 is 0 Å². The molecule has 0 radical (unpaired) electrons. The average molecular weight is 426 g/mol. The van der Waals surface area contributed by atoms with Crippen LogP contribution in [0.1, 0.15) is 15.9 Å². The van der Waals surface area contributed by atoms with Gasteiger partial charge < -0.3 is 9.15 Å². The van der Waals surface area contributed by atoms with Crippen molar-refractivity contribution in [2.45, 2.75) is 6.92 Å². The second-order valence-electron chi connectivity index (χ2n) is 6.35. The molecule has 0 fully saturated rings. The first-order valence-corrected chi connectivity index (χ1v) is 9.35. The van der Waals surface area contributed by atoms with Crippen molar-refractivity contribution in [2.24, 2.45) is 0 Å². The first-order valence-electron chi connectivity index (χ1n) is 8.59. The molecule has 0 aliphatic heterocycles. The molecule has 0 unspecified atom stereocenters. The van der Waals surface area contributed by atoms with E-state index in [1.807, 2.05) is 19.1 Å². The maximum Gasteiger partial charge on any atom is 0.343 e. The third-order valence-electron chi connectivity index (χ3n) is 4.29. The highest BCUT2D eigenvalue weighted by atomic mass is 35.5. The number of ether oxygens (including phenoxy) is 1. The largest absolute Gasteiger partial charge is 0.450 e. The van der Waals surface area contributed by atoms with Crippen LogP contribution in [-0.4, -0.2) is 11.0 Å². The predicted molar refractivity (Wildman–Crippen MR) is 112 cm³/mol. The molecule has 2 heterocycles. The molecular formula is C22H13Cl2NO4. The standard InChI is InChI=1S/C22H13Cl2NO4/c1-12-2-4-13(5-3-12)19-21(29-22(27)14-6-8-25-9-7-14)18(26)16-10-15(23)11-17(24)20(16)28-19/h2-11H,1H3. The van der Waals surface area contributed by atoms with Gasteiger partial charge in [0.2, 0.25) is 11.2 Å². The quantitative estimate of drug-likeness (QED) is 0.394. The fraction of sp³-hybridized carbons (Fsp3) is 0.0455. The zero-order valence-corrected chi connectivity index (χ0v) is 16.6. The summed E-state index contributed by atoms with van der Waals surface area (Å²) in [5.74, 6) is -0.837. The average Bonchev–Trinajstić information content (AvgIpc) is 2.71. The van der Waals surface area contributed by atoms with Crippen LogP contribution < -0.4 is 10.2 Å². The zero-order chi connectivity index (χ0) is 20.5. The Morgan fingerprint density at radius 2 is 1.72 bits per heavy atom. The topological polar surface area (TPSA) is 69.4 Å². The lowest BCUT2D eigenvalue weighted by Gasteiger charge is -2.12. The molecule has 2 aromatic carbocycles. The van der Waals surface area contributed by atoms with Crippen LogP contribution in [0.5, 0.6) is 5.75 Å². The molecule has 0 bridgehead atoms. The molecule has 0 saturated heterocycles. The molecule has 29 heavy (non-hydrogen) atoms. The van der Waals surface area contributed by atoms with Crippen LogP contribution in [0.3, 0.4) is 0 Å². The van der Waals surface area contributed by atoms with Crippen LogP contribution in [0, 0.1) is 6.92 Å². The highest BCUT2D eigenvalue weighted by molar-refractivity contribution is 6.38. The Bertz CT molecular complexity index is 1280. The van der Waals surface area contributed by atoms with Gasteiger partial charge in [-0.3, -0.25) is 9.78 Å². The molecule has 0 aliphatic rings. The second-order valence-corrected chi connectivity index (χ2v) is 7.19. The van der Waals surface area contributed by atoms with Gasteiger partial charge in [-0.1, -0.05) is 53.0 Å². The smallest absolute Gasteiger partial charge is 0.343 e. The minimum atomic E-state index is -0.708. The van der Waals surface area contributed by atoms with Gasteiger partial charge in [0, 0.05) is 23.0 Å². The molecule has 0 amide bonds. The first kappa shape index (κ1) is 19.2. The summed E-state index contributed by atoms with van der Waals surface area (Å²) in [6.45, 7) is 1.93. The van der Waals surface area contributed by atoms with Crippen LogP contribution >= 0.6 is 23.2 Å². The van der Waals surface area contributed by atoms with E-state index in [2.05, 4.69) is 4.98 Å². The normalized spacial score (nSPS) is 10.9. The fourth-order valence-corrected chi connectivity index (χ4v) is 3.37. The fourth-order valence-electron chi connectivity index (χ4n) is 2.83. The summed E-state index contributed by atoms with van der Waals surface area (Å²) in [6, 6.07) is 13.1. The van der Waals surface area contributed by atoms with Gasteiger partial charge in [0.15, 0.2) is 11.3 Å². The number of aromatic nitrogens is 1. The molecule has 144 valence electrons. The van der Waals surface area contributed by atoms with E-state index in [1.165, 1.54) is 36.7 Å². The second kappa shape index (κ2) is 7.70. The van der Waals surface area contributed by atoms with Crippen LogP contribution in [0.25, 0.3) is 22.3 Å². The monoisotopic (exact) mass is 425 g/mol. The summed E-state index contributed by atoms with van der Waals surface area (Å²) in [7, 11) is 0. The maximum absolute atomic E-state index is 13.2. The van der Waals surface area contributed by atoms with Crippen molar-refractivity contribution in [1.29, 1.82) is 0 Å². The Hall–Kier alpha value is -3.15. The summed E-state index contributed by atoms with van der Waals surface area (Å²) in [5, 5.41) is 0.574. The van der Waals surface area contributed by atoms with Crippen LogP contribution in [0.2, 0.25) is 10.0 Å². The van der Waals surface area contributed by atoms with Crippen molar-refractivity contribution >= 4 is 40.1 Å². The number of benzene rings is 2. The van der Waals surface area contributed by atoms with Gasteiger partial charge in [0.1, 0.15) is 0 Å². The van der Waals surface area contributed by atoms with Gasteiger partial charge in [-0.25, -0.2) is 4.79 Å². The van der Waals surface area contributed by atoms with Gasteiger partial charge in [-0.05, 0) is 31.2 Å². The lowest BCUT2D eigenvalue weighted by molar-refractivity contribution is 0.0731. The summed E-state index contributed by atoms with van der Waals surface area (Å²) in [5.41, 5.74) is 1.46. The third-order valence-corrected chi connectivity index (χ3v) is 4.79. The molecule has 7 heteroatoms. The van der Waals surface area contributed by atoms with Crippen LogP contribution in [0.15, 0.2) is 70.1 Å². The van der Waals surface area contributed by atoms with Gasteiger partial charge in [0.05, 0.1) is 16.0 Å². The number of rotatable bonds is 3. The van der Waals surface area contributed by atoms with E-state index in [4.69, 9.17) is 32.4 Å². The van der Waals surface area contributed by atoms with Crippen molar-refractivity contribution < 1.29 is 13.9 Å². The van der Waals surface area contributed by atoms with E-state index in [9.17, 15) is 9.59 Å². The van der Waals surface area contributed by atoms with E-state index in [1.54, 1.807) is 12.1 Å². The molecule has 0 spiro atoms. The number of esters is 1. The molecular weight excluding hydrogens is 413 g/mol. The van der Waals surface area contributed by atoms with Crippen molar-refractivity contribution in [2.75, 3.05) is 0 Å². The summed E-state index contributed by atoms with van der Waals surface area (Å²) >= 11 is 12.3. The Balaban J connectivity index is 1.96. The van der Waals surface area contributed by atoms with E-state index < -0.39 is 11.4 Å². The van der Waals surface area contributed by atoms with Crippen LogP contribution in [-0.2, 0) is 0 Å². The molecule has 0 aliphatic carbocycles. The molecule has 0 saturated carbocycles. The Morgan fingerprint density at radius 1 is 1.03 bits per heavy atom. The van der Waals surface area contributed by atoms with Crippen molar-refractivity contribution in [3.63, 3.8) is 0 Å². The number of carbonyl (C=O) groups is 1. The molecule has 0 atom stereocenters. The lowest BCUT2D eigenvalue weighted by Crippen LogP contribution is -2.16. The zero-order valence-electron chi connectivity index (χ0n) is 15.1. The molecule has 0 N–H and O–H groups in total. The van der Waals surface area contributed by atoms with Gasteiger partial charge in [-0.15, -0.1) is 0 Å². The van der Waals surface area contributed by atoms with Crippen molar-refractivity contribution in [3.8, 4) is 17.1 Å². The van der Waals surface area contributed by atoms with E-state index in [0.717, 1.165) is 5.56 Å². The van der Waals surface area contributed by atoms with Crippen molar-refractivity contribution in [3.05, 3.63) is 92.3 Å². The lowest BCUT2D eigenvalue weighted by atomic mass is 10.1. The number of nitrogens with zero attached hydrogens (tertiary/aromatic N) is 1. The van der Waals surface area contributed by atoms with Gasteiger partial charge in [-0.2, -0.15) is 0 Å². The SMILES string of the molecule is Cc1ccc(-c2oc3c(Cl)cc(Cl)cc3c(=O)c2OC(=O)c2ccncc2)cc1. The predicted octanol–water partition coefficient (Wildman–Crippen LogP) is 5.69. The summed E-state index contributed by atoms with van der Waals surface area (Å²) in [6.07, 6.45) is 2.92. The van der Waals surface area contributed by atoms with E-state index in [-0.39, 0.29) is 38.1 Å². The van der Waals surface area contributed by atoms with Gasteiger partial charge in [0.25, 0.3) is 0 Å². The number of carbonyl (C=O) groups excluding carboxylic acids is 1. The van der Waals surface area contributed by atoms with Crippen LogP contribution in [0.4, 0.5) is 0 Å². The highest BCUT2D eigenvalue weighted by Gasteiger charge is 2.22. The van der Waals surface area contributed by atoms with Gasteiger partial charge >= 0.3 is 5.97 Å². The Labute approximate surface area is 175 Å². The third kappa shape index (κ3) is 3.75. The van der Waals surface area contributed by atoms with Crippen molar-refractivity contribution in [1.82, 2.24) is 4.98 Å². The Morgan fingerprint density at radius 3 is 2.41 bits per heavy atom. The minimum Gasteiger partial charge on any atom is -0.450 e. The number of fused-ring (bicyclic) bond motifs is 1. The number of aryl methyl sites for hydroxylation is 1. The maximum atomic E-state index is 13.2.